The lowest BCUT2D eigenvalue weighted by Gasteiger charge is -2.36. The highest BCUT2D eigenvalue weighted by molar-refractivity contribution is 6.35. The Morgan fingerprint density at radius 3 is 2.75 bits per heavy atom. The maximum Gasteiger partial charge on any atom is 0.242 e. The summed E-state index contributed by atoms with van der Waals surface area (Å²) in [4.78, 5) is 14.5. The molecule has 0 bridgehead atoms. The van der Waals surface area contributed by atoms with E-state index in [4.69, 9.17) is 28.5 Å². The minimum absolute atomic E-state index is 0.0726. The molecule has 1 atom stereocenters. The van der Waals surface area contributed by atoms with E-state index in [2.05, 4.69) is 10.6 Å². The topological polar surface area (TPSA) is 68.2 Å². The van der Waals surface area contributed by atoms with E-state index in [1.54, 1.807) is 18.0 Å². The highest BCUT2D eigenvalue weighted by Gasteiger charge is 2.29. The molecule has 0 aliphatic carbocycles. The second kappa shape index (κ2) is 8.26. The Balaban J connectivity index is 1.75. The number of amides is 1. The number of carbonyl (C=O) groups is 1. The van der Waals surface area contributed by atoms with Gasteiger partial charge in [-0.2, -0.15) is 5.26 Å². The van der Waals surface area contributed by atoms with Crippen LogP contribution >= 0.6 is 23.2 Å². The largest absolute Gasteiger partial charge is 0.387 e. The summed E-state index contributed by atoms with van der Waals surface area (Å²) in [6.07, 6.45) is 0.654. The first-order valence-corrected chi connectivity index (χ1v) is 9.53. The summed E-state index contributed by atoms with van der Waals surface area (Å²) in [7, 11) is 1.64. The number of benzene rings is 2. The molecule has 0 saturated heterocycles. The van der Waals surface area contributed by atoms with Crippen LogP contribution in [0.3, 0.4) is 0 Å². The van der Waals surface area contributed by atoms with Gasteiger partial charge in [-0.3, -0.25) is 4.79 Å². The zero-order valence-corrected chi connectivity index (χ0v) is 17.0. The van der Waals surface area contributed by atoms with Gasteiger partial charge in [0.1, 0.15) is 11.9 Å². The molecule has 0 radical (unpaired) electrons. The van der Waals surface area contributed by atoms with Gasteiger partial charge in [0.2, 0.25) is 5.91 Å². The summed E-state index contributed by atoms with van der Waals surface area (Å²) in [5, 5.41) is 15.8. The van der Waals surface area contributed by atoms with Gasteiger partial charge in [-0.25, -0.2) is 4.39 Å². The Kier molecular flexibility index (Phi) is 5.97. The number of hydrogen-bond acceptors (Lipinski definition) is 4. The Labute approximate surface area is 173 Å². The van der Waals surface area contributed by atoms with Crippen LogP contribution in [0.1, 0.15) is 29.7 Å². The molecule has 1 aliphatic heterocycles. The summed E-state index contributed by atoms with van der Waals surface area (Å²) in [5.41, 5.74) is 2.78. The van der Waals surface area contributed by atoms with Gasteiger partial charge in [0.05, 0.1) is 29.5 Å². The first-order chi connectivity index (χ1) is 13.3. The number of halogens is 3. The lowest BCUT2D eigenvalue weighted by Crippen LogP contribution is -2.42. The van der Waals surface area contributed by atoms with E-state index in [0.717, 1.165) is 17.2 Å². The smallest absolute Gasteiger partial charge is 0.242 e. The van der Waals surface area contributed by atoms with Gasteiger partial charge in [0.25, 0.3) is 0 Å². The average molecular weight is 421 g/mol. The van der Waals surface area contributed by atoms with Gasteiger partial charge in [-0.1, -0.05) is 23.2 Å². The summed E-state index contributed by atoms with van der Waals surface area (Å²) in [5.74, 6) is -0.753. The minimum atomic E-state index is -0.585. The third kappa shape index (κ3) is 3.87. The van der Waals surface area contributed by atoms with Crippen molar-refractivity contribution in [2.75, 3.05) is 30.8 Å². The van der Waals surface area contributed by atoms with Crippen LogP contribution in [0.4, 0.5) is 15.8 Å². The Hall–Kier alpha value is -2.49. The van der Waals surface area contributed by atoms with Crippen molar-refractivity contribution >= 4 is 40.5 Å². The van der Waals surface area contributed by atoms with Crippen molar-refractivity contribution in [1.82, 2.24) is 4.90 Å². The second-order valence-corrected chi connectivity index (χ2v) is 7.41. The SMILES string of the molecule is CNc1cc(NCC(=O)N2CCc3cc(Cl)cc(Cl)c3C2C)c(F)cc1C#N. The quantitative estimate of drug-likeness (QED) is 0.757. The van der Waals surface area contributed by atoms with Crippen molar-refractivity contribution in [3.63, 3.8) is 0 Å². The van der Waals surface area contributed by atoms with Crippen LogP contribution in [0.5, 0.6) is 0 Å². The number of nitriles is 1. The van der Waals surface area contributed by atoms with E-state index in [1.807, 2.05) is 19.1 Å². The van der Waals surface area contributed by atoms with E-state index in [-0.39, 0.29) is 29.7 Å². The molecule has 0 saturated carbocycles. The van der Waals surface area contributed by atoms with Gasteiger partial charge in [-0.15, -0.1) is 0 Å². The summed E-state index contributed by atoms with van der Waals surface area (Å²) < 4.78 is 14.2. The third-order valence-corrected chi connectivity index (χ3v) is 5.47. The fourth-order valence-electron chi connectivity index (χ4n) is 3.52. The van der Waals surface area contributed by atoms with Crippen LogP contribution < -0.4 is 10.6 Å². The fraction of sp³-hybridized carbons (Fsp3) is 0.300. The maximum atomic E-state index is 14.2. The number of fused-ring (bicyclic) bond motifs is 1. The fourth-order valence-corrected chi connectivity index (χ4v) is 4.22. The minimum Gasteiger partial charge on any atom is -0.387 e. The Bertz CT molecular complexity index is 974. The van der Waals surface area contributed by atoms with Crippen molar-refractivity contribution in [2.24, 2.45) is 0 Å². The van der Waals surface area contributed by atoms with Crippen LogP contribution in [0.2, 0.25) is 10.0 Å². The molecular formula is C20H19Cl2FN4O. The molecule has 1 heterocycles. The van der Waals surface area contributed by atoms with Crippen molar-refractivity contribution in [3.05, 3.63) is 56.8 Å². The van der Waals surface area contributed by atoms with Gasteiger partial charge in [-0.05, 0) is 48.7 Å². The predicted octanol–water partition coefficient (Wildman–Crippen LogP) is 4.60. The molecular weight excluding hydrogens is 402 g/mol. The maximum absolute atomic E-state index is 14.2. The summed E-state index contributed by atoms with van der Waals surface area (Å²) in [6.45, 7) is 2.37. The Morgan fingerprint density at radius 2 is 2.07 bits per heavy atom. The number of nitrogens with zero attached hydrogens (tertiary/aromatic N) is 2. The lowest BCUT2D eigenvalue weighted by molar-refractivity contribution is -0.131. The highest BCUT2D eigenvalue weighted by Crippen LogP contribution is 2.37. The van der Waals surface area contributed by atoms with E-state index in [0.29, 0.717) is 28.7 Å². The standard InChI is InChI=1S/C20H19Cl2FN4O/c1-11-20-12(5-14(21)7-15(20)22)3-4-27(11)19(28)10-26-18-8-17(25-2)13(9-24)6-16(18)23/h5-8,11,25-26H,3-4,10H2,1-2H3. The zero-order valence-electron chi connectivity index (χ0n) is 15.4. The molecule has 146 valence electrons. The van der Waals surface area contributed by atoms with E-state index < -0.39 is 5.82 Å². The number of hydrogen-bond donors (Lipinski definition) is 2. The molecule has 2 aromatic carbocycles. The van der Waals surface area contributed by atoms with E-state index in [9.17, 15) is 9.18 Å². The van der Waals surface area contributed by atoms with Gasteiger partial charge in [0, 0.05) is 23.6 Å². The molecule has 28 heavy (non-hydrogen) atoms. The molecule has 0 fully saturated rings. The van der Waals surface area contributed by atoms with Crippen molar-refractivity contribution < 1.29 is 9.18 Å². The number of carbonyl (C=O) groups excluding carboxylic acids is 1. The van der Waals surface area contributed by atoms with Crippen LogP contribution in [0.15, 0.2) is 24.3 Å². The monoisotopic (exact) mass is 420 g/mol. The van der Waals surface area contributed by atoms with Crippen LogP contribution in [0.25, 0.3) is 0 Å². The molecule has 8 heteroatoms. The molecule has 1 aliphatic rings. The molecule has 0 aromatic heterocycles. The third-order valence-electron chi connectivity index (χ3n) is 4.93. The van der Waals surface area contributed by atoms with Gasteiger partial charge < -0.3 is 15.5 Å². The van der Waals surface area contributed by atoms with Gasteiger partial charge >= 0.3 is 0 Å². The normalized spacial score (nSPS) is 15.6. The van der Waals surface area contributed by atoms with Crippen LogP contribution in [-0.2, 0) is 11.2 Å². The van der Waals surface area contributed by atoms with E-state index in [1.165, 1.54) is 6.07 Å². The predicted molar refractivity (Wildman–Crippen MR) is 109 cm³/mol. The zero-order chi connectivity index (χ0) is 20.4. The second-order valence-electron chi connectivity index (χ2n) is 6.57. The molecule has 0 spiro atoms. The first-order valence-electron chi connectivity index (χ1n) is 8.78. The van der Waals surface area contributed by atoms with Crippen LogP contribution in [0, 0.1) is 17.1 Å². The van der Waals surface area contributed by atoms with Crippen LogP contribution in [-0.4, -0.2) is 30.9 Å². The first kappa shape index (κ1) is 20.2. The lowest BCUT2D eigenvalue weighted by atomic mass is 9.93. The number of anilines is 2. The summed E-state index contributed by atoms with van der Waals surface area (Å²) >= 11 is 12.4. The molecule has 1 unspecified atom stereocenters. The number of rotatable bonds is 4. The molecule has 2 N–H and O–H groups in total. The average Bonchev–Trinajstić information content (AvgIpc) is 2.66. The van der Waals surface area contributed by atoms with E-state index >= 15 is 0 Å². The summed E-state index contributed by atoms with van der Waals surface area (Å²) in [6, 6.07) is 7.90. The van der Waals surface area contributed by atoms with Crippen molar-refractivity contribution in [1.29, 1.82) is 5.26 Å². The van der Waals surface area contributed by atoms with Gasteiger partial charge in [0.15, 0.2) is 0 Å². The molecule has 5 nitrogen and oxygen atoms in total. The van der Waals surface area contributed by atoms with Crippen molar-refractivity contribution in [3.8, 4) is 6.07 Å². The van der Waals surface area contributed by atoms with Crippen molar-refractivity contribution in [2.45, 2.75) is 19.4 Å². The Morgan fingerprint density at radius 1 is 1.32 bits per heavy atom. The number of nitrogens with one attached hydrogen (secondary N) is 2. The molecule has 3 rings (SSSR count). The molecule has 1 amide bonds. The molecule has 2 aromatic rings. The highest BCUT2D eigenvalue weighted by atomic mass is 35.5.